The van der Waals surface area contributed by atoms with Crippen molar-refractivity contribution in [3.63, 3.8) is 0 Å². The van der Waals surface area contributed by atoms with E-state index in [-0.39, 0.29) is 6.10 Å². The van der Waals surface area contributed by atoms with Gasteiger partial charge < -0.3 is 14.9 Å². The van der Waals surface area contributed by atoms with Crippen molar-refractivity contribution in [1.82, 2.24) is 9.80 Å². The maximum atomic E-state index is 12.7. The molecular formula is C23H34N2O2. The zero-order chi connectivity index (χ0) is 18.8. The van der Waals surface area contributed by atoms with Crippen LogP contribution in [0.4, 0.5) is 0 Å². The highest BCUT2D eigenvalue weighted by Gasteiger charge is 2.48. The summed E-state index contributed by atoms with van der Waals surface area (Å²) in [5.41, 5.74) is 1.02. The van der Waals surface area contributed by atoms with Gasteiger partial charge in [0.15, 0.2) is 0 Å². The smallest absolute Gasteiger partial charge is 0.223 e. The molecule has 5 atom stereocenters. The number of nitrogens with zero attached hydrogens (tertiary/aromatic N) is 2. The van der Waals surface area contributed by atoms with Crippen molar-refractivity contribution < 1.29 is 9.90 Å². The predicted octanol–water partition coefficient (Wildman–Crippen LogP) is 3.61. The van der Waals surface area contributed by atoms with Crippen molar-refractivity contribution in [2.75, 3.05) is 19.6 Å². The first kappa shape index (κ1) is 18.9. The van der Waals surface area contributed by atoms with Gasteiger partial charge in [-0.3, -0.25) is 4.79 Å². The summed E-state index contributed by atoms with van der Waals surface area (Å²) >= 11 is 0. The second kappa shape index (κ2) is 8.32. The lowest BCUT2D eigenvalue weighted by Crippen LogP contribution is -2.65. The summed E-state index contributed by atoms with van der Waals surface area (Å²) in [6, 6.07) is 10.9. The molecule has 0 aromatic heterocycles. The van der Waals surface area contributed by atoms with Crippen molar-refractivity contribution in [2.45, 2.75) is 70.1 Å². The van der Waals surface area contributed by atoms with Crippen LogP contribution in [0.1, 0.15) is 63.5 Å². The quantitative estimate of drug-likeness (QED) is 0.832. The fourth-order valence-corrected chi connectivity index (χ4v) is 5.87. The van der Waals surface area contributed by atoms with Crippen LogP contribution in [0.15, 0.2) is 30.3 Å². The average Bonchev–Trinajstić information content (AvgIpc) is 2.70. The third kappa shape index (κ3) is 3.93. The van der Waals surface area contributed by atoms with Gasteiger partial charge in [-0.1, -0.05) is 43.7 Å². The van der Waals surface area contributed by atoms with E-state index in [0.717, 1.165) is 57.3 Å². The summed E-state index contributed by atoms with van der Waals surface area (Å²) in [7, 11) is 0. The number of fused-ring (bicyclic) bond motifs is 4. The van der Waals surface area contributed by atoms with Crippen molar-refractivity contribution in [3.8, 4) is 0 Å². The number of piperidine rings is 3. The topological polar surface area (TPSA) is 43.8 Å². The van der Waals surface area contributed by atoms with Gasteiger partial charge in [-0.2, -0.15) is 0 Å². The first-order valence-electron chi connectivity index (χ1n) is 10.9. The van der Waals surface area contributed by atoms with Gasteiger partial charge in [0.25, 0.3) is 0 Å². The Morgan fingerprint density at radius 2 is 1.96 bits per heavy atom. The SMILES string of the molecule is CCC[C@H]1[C@H]2C[C@H](CN(CC[C@@H](O)c3ccccc3)C2)[C@@H]2CCCC(=O)N21. The van der Waals surface area contributed by atoms with Gasteiger partial charge in [0, 0.05) is 38.1 Å². The normalized spacial score (nSPS) is 32.2. The lowest BCUT2D eigenvalue weighted by molar-refractivity contribution is -0.153. The monoisotopic (exact) mass is 370 g/mol. The number of hydrogen-bond acceptors (Lipinski definition) is 3. The molecule has 0 spiro atoms. The number of aliphatic hydroxyl groups is 1. The van der Waals surface area contributed by atoms with Crippen LogP contribution in [0, 0.1) is 11.8 Å². The molecule has 3 fully saturated rings. The molecule has 0 aliphatic carbocycles. The third-order valence-electron chi connectivity index (χ3n) is 7.06. The molecule has 0 radical (unpaired) electrons. The molecule has 3 aliphatic rings. The number of likely N-dealkylation sites (tertiary alicyclic amines) is 1. The summed E-state index contributed by atoms with van der Waals surface area (Å²) in [6.07, 6.45) is 6.98. The van der Waals surface area contributed by atoms with Gasteiger partial charge in [-0.05, 0) is 49.5 Å². The number of amides is 1. The maximum absolute atomic E-state index is 12.7. The van der Waals surface area contributed by atoms with Crippen LogP contribution in [0.5, 0.6) is 0 Å². The molecule has 3 aliphatic heterocycles. The van der Waals surface area contributed by atoms with E-state index >= 15 is 0 Å². The van der Waals surface area contributed by atoms with Crippen molar-refractivity contribution >= 4 is 5.91 Å². The molecule has 3 heterocycles. The molecule has 0 saturated carbocycles. The van der Waals surface area contributed by atoms with Crippen molar-refractivity contribution in [2.24, 2.45) is 11.8 Å². The van der Waals surface area contributed by atoms with Crippen molar-refractivity contribution in [3.05, 3.63) is 35.9 Å². The predicted molar refractivity (Wildman–Crippen MR) is 107 cm³/mol. The largest absolute Gasteiger partial charge is 0.388 e. The Hall–Kier alpha value is -1.39. The maximum Gasteiger partial charge on any atom is 0.223 e. The van der Waals surface area contributed by atoms with Gasteiger partial charge in [-0.15, -0.1) is 0 Å². The summed E-state index contributed by atoms with van der Waals surface area (Å²) in [5, 5.41) is 10.5. The van der Waals surface area contributed by atoms with Crippen LogP contribution in [-0.4, -0.2) is 52.5 Å². The second-order valence-corrected chi connectivity index (χ2v) is 8.85. The number of aliphatic hydroxyl groups excluding tert-OH is 1. The molecule has 1 aromatic rings. The van der Waals surface area contributed by atoms with E-state index < -0.39 is 0 Å². The Balaban J connectivity index is 1.42. The molecule has 148 valence electrons. The second-order valence-electron chi connectivity index (χ2n) is 8.85. The van der Waals surface area contributed by atoms with Crippen LogP contribution >= 0.6 is 0 Å². The van der Waals surface area contributed by atoms with Crippen LogP contribution < -0.4 is 0 Å². The van der Waals surface area contributed by atoms with Gasteiger partial charge in [-0.25, -0.2) is 0 Å². The average molecular weight is 371 g/mol. The highest BCUT2D eigenvalue weighted by molar-refractivity contribution is 5.78. The van der Waals surface area contributed by atoms with E-state index in [9.17, 15) is 9.90 Å². The molecule has 0 unspecified atom stereocenters. The molecule has 4 rings (SSSR count). The molecule has 27 heavy (non-hydrogen) atoms. The van der Waals surface area contributed by atoms with Gasteiger partial charge in [0.05, 0.1) is 6.10 Å². The minimum absolute atomic E-state index is 0.382. The molecule has 2 bridgehead atoms. The van der Waals surface area contributed by atoms with Crippen LogP contribution in [0.3, 0.4) is 0 Å². The van der Waals surface area contributed by atoms with Gasteiger partial charge in [0.2, 0.25) is 5.91 Å². The molecule has 1 N–H and O–H groups in total. The Kier molecular flexibility index (Phi) is 5.84. The summed E-state index contributed by atoms with van der Waals surface area (Å²) in [4.78, 5) is 17.6. The fourth-order valence-electron chi connectivity index (χ4n) is 5.87. The molecule has 4 nitrogen and oxygen atoms in total. The molecule has 4 heteroatoms. The lowest BCUT2D eigenvalue weighted by atomic mass is 9.71. The minimum atomic E-state index is -0.382. The molecule has 3 saturated heterocycles. The highest BCUT2D eigenvalue weighted by atomic mass is 16.3. The van der Waals surface area contributed by atoms with Crippen molar-refractivity contribution in [1.29, 1.82) is 0 Å². The van der Waals surface area contributed by atoms with Gasteiger partial charge in [0.1, 0.15) is 0 Å². The Morgan fingerprint density at radius 1 is 1.19 bits per heavy atom. The summed E-state index contributed by atoms with van der Waals surface area (Å²) in [6.45, 7) is 5.36. The standard InChI is InChI=1S/C23H34N2O2/c1-2-7-20-18-14-19(21-10-6-11-23(27)25(20)21)16-24(15-18)13-12-22(26)17-8-4-3-5-9-17/h3-5,8-9,18-22,26H,2,6-7,10-16H2,1H3/t18-,19+,20-,21-,22+/m0/s1. The zero-order valence-corrected chi connectivity index (χ0v) is 16.6. The van der Waals surface area contributed by atoms with E-state index in [4.69, 9.17) is 0 Å². The van der Waals surface area contributed by atoms with E-state index in [2.05, 4.69) is 16.7 Å². The highest BCUT2D eigenvalue weighted by Crippen LogP contribution is 2.43. The zero-order valence-electron chi connectivity index (χ0n) is 16.6. The third-order valence-corrected chi connectivity index (χ3v) is 7.06. The van der Waals surface area contributed by atoms with E-state index in [1.54, 1.807) is 0 Å². The number of carbonyl (C=O) groups excluding carboxylic acids is 1. The van der Waals surface area contributed by atoms with Gasteiger partial charge >= 0.3 is 0 Å². The Morgan fingerprint density at radius 3 is 2.74 bits per heavy atom. The number of benzene rings is 1. The van der Waals surface area contributed by atoms with E-state index in [1.807, 2.05) is 30.3 Å². The number of carbonyl (C=O) groups is 1. The fraction of sp³-hybridized carbons (Fsp3) is 0.696. The Bertz CT molecular complexity index is 635. The first-order chi connectivity index (χ1) is 13.2. The van der Waals surface area contributed by atoms with Crippen LogP contribution in [-0.2, 0) is 4.79 Å². The van der Waals surface area contributed by atoms with E-state index in [0.29, 0.717) is 29.8 Å². The first-order valence-corrected chi connectivity index (χ1v) is 10.9. The Labute approximate surface area is 163 Å². The molecule has 1 aromatic carbocycles. The number of rotatable bonds is 6. The minimum Gasteiger partial charge on any atom is -0.388 e. The summed E-state index contributed by atoms with van der Waals surface area (Å²) in [5.74, 6) is 1.64. The number of hydrogen-bond donors (Lipinski definition) is 1. The molecule has 1 amide bonds. The molecular weight excluding hydrogens is 336 g/mol. The summed E-state index contributed by atoms with van der Waals surface area (Å²) < 4.78 is 0. The van der Waals surface area contributed by atoms with E-state index in [1.165, 1.54) is 12.8 Å². The van der Waals surface area contributed by atoms with Crippen LogP contribution in [0.2, 0.25) is 0 Å². The lowest BCUT2D eigenvalue weighted by Gasteiger charge is -2.57. The van der Waals surface area contributed by atoms with Crippen LogP contribution in [0.25, 0.3) is 0 Å².